The molecule has 2 atom stereocenters. The van der Waals surface area contributed by atoms with Crippen molar-refractivity contribution in [2.45, 2.75) is 52.4 Å². The summed E-state index contributed by atoms with van der Waals surface area (Å²) in [5.74, 6) is -0.129. The van der Waals surface area contributed by atoms with Gasteiger partial charge in [-0.15, -0.1) is 0 Å². The lowest BCUT2D eigenvalue weighted by molar-refractivity contribution is -0.141. The molecule has 7 nitrogen and oxygen atoms in total. The largest absolute Gasteiger partial charge is 0.481 e. The highest BCUT2D eigenvalue weighted by molar-refractivity contribution is 5.79. The first-order valence-electron chi connectivity index (χ1n) is 9.35. The van der Waals surface area contributed by atoms with E-state index in [4.69, 9.17) is 5.11 Å². The summed E-state index contributed by atoms with van der Waals surface area (Å²) in [6.45, 7) is 6.32. The molecule has 2 saturated heterocycles. The van der Waals surface area contributed by atoms with Crippen LogP contribution in [0, 0.1) is 17.8 Å². The van der Waals surface area contributed by atoms with Gasteiger partial charge >= 0.3 is 5.97 Å². The third kappa shape index (κ3) is 9.43. The average molecular weight is 355 g/mol. The van der Waals surface area contributed by atoms with Crippen LogP contribution in [-0.2, 0) is 14.4 Å². The zero-order valence-corrected chi connectivity index (χ0v) is 15.5. The second-order valence-corrected chi connectivity index (χ2v) is 7.08. The molecule has 7 heteroatoms. The number of hydrogen-bond donors (Lipinski definition) is 4. The standard InChI is InChI=1S/C12H22N2O.C6H11NO3/c15-12-11(2-1-7-14-12)4-3-10-5-8-13-9-6-10;1-4(6(9)10)3-7-5(2)8/h10-11,13H,1-9H2,(H,14,15);4H,3H2,1-2H3,(H,7,8)(H,9,10)/t11-;/m0./s1. The van der Waals surface area contributed by atoms with E-state index in [2.05, 4.69) is 16.0 Å². The van der Waals surface area contributed by atoms with E-state index in [1.807, 2.05) is 0 Å². The third-order valence-electron chi connectivity index (χ3n) is 4.86. The van der Waals surface area contributed by atoms with E-state index >= 15 is 0 Å². The zero-order chi connectivity index (χ0) is 18.7. The van der Waals surface area contributed by atoms with Gasteiger partial charge in [0.15, 0.2) is 0 Å². The number of rotatable bonds is 6. The molecule has 2 fully saturated rings. The summed E-state index contributed by atoms with van der Waals surface area (Å²) in [6.07, 6.45) is 7.23. The number of nitrogens with one attached hydrogen (secondary N) is 3. The summed E-state index contributed by atoms with van der Waals surface area (Å²) in [7, 11) is 0. The predicted molar refractivity (Wildman–Crippen MR) is 96.0 cm³/mol. The maximum Gasteiger partial charge on any atom is 0.308 e. The predicted octanol–water partition coefficient (Wildman–Crippen LogP) is 1.14. The number of aliphatic carboxylic acids is 1. The van der Waals surface area contributed by atoms with E-state index in [9.17, 15) is 14.4 Å². The fourth-order valence-electron chi connectivity index (χ4n) is 3.10. The number of carboxylic acids is 1. The van der Waals surface area contributed by atoms with E-state index in [-0.39, 0.29) is 12.5 Å². The Bertz CT molecular complexity index is 436. The molecular formula is C18H33N3O4. The zero-order valence-electron chi connectivity index (χ0n) is 15.5. The van der Waals surface area contributed by atoms with Gasteiger partial charge in [0.05, 0.1) is 5.92 Å². The molecule has 0 bridgehead atoms. The van der Waals surface area contributed by atoms with Crippen molar-refractivity contribution in [1.82, 2.24) is 16.0 Å². The monoisotopic (exact) mass is 355 g/mol. The van der Waals surface area contributed by atoms with Gasteiger partial charge in [-0.25, -0.2) is 0 Å². The molecule has 0 aromatic carbocycles. The highest BCUT2D eigenvalue weighted by atomic mass is 16.4. The lowest BCUT2D eigenvalue weighted by Gasteiger charge is -2.26. The van der Waals surface area contributed by atoms with Crippen LogP contribution in [-0.4, -0.2) is 49.1 Å². The van der Waals surface area contributed by atoms with Gasteiger partial charge in [0.25, 0.3) is 0 Å². The molecule has 144 valence electrons. The van der Waals surface area contributed by atoms with Gasteiger partial charge in [-0.05, 0) is 57.5 Å². The smallest absolute Gasteiger partial charge is 0.308 e. The van der Waals surface area contributed by atoms with Crippen LogP contribution in [0.15, 0.2) is 0 Å². The number of carbonyl (C=O) groups excluding carboxylic acids is 2. The summed E-state index contributed by atoms with van der Waals surface area (Å²) in [4.78, 5) is 32.0. The summed E-state index contributed by atoms with van der Waals surface area (Å²) in [5, 5.41) is 17.1. The molecule has 2 aliphatic heterocycles. The van der Waals surface area contributed by atoms with E-state index in [1.165, 1.54) is 52.6 Å². The summed E-state index contributed by atoms with van der Waals surface area (Å²) < 4.78 is 0. The minimum atomic E-state index is -0.895. The van der Waals surface area contributed by atoms with Gasteiger partial charge in [0.2, 0.25) is 11.8 Å². The van der Waals surface area contributed by atoms with Crippen LogP contribution < -0.4 is 16.0 Å². The highest BCUT2D eigenvalue weighted by Gasteiger charge is 2.23. The Balaban J connectivity index is 0.000000275. The lowest BCUT2D eigenvalue weighted by atomic mass is 9.86. The Hall–Kier alpha value is -1.63. The fourth-order valence-corrected chi connectivity index (χ4v) is 3.10. The molecule has 0 aromatic rings. The highest BCUT2D eigenvalue weighted by Crippen LogP contribution is 2.24. The number of carboxylic acid groups (broad SMARTS) is 1. The Morgan fingerprint density at radius 3 is 2.44 bits per heavy atom. The Morgan fingerprint density at radius 2 is 1.88 bits per heavy atom. The third-order valence-corrected chi connectivity index (χ3v) is 4.86. The van der Waals surface area contributed by atoms with Crippen molar-refractivity contribution in [3.8, 4) is 0 Å². The minimum Gasteiger partial charge on any atom is -0.481 e. The molecule has 2 heterocycles. The minimum absolute atomic E-state index is 0.199. The van der Waals surface area contributed by atoms with Crippen LogP contribution in [0.1, 0.15) is 52.4 Å². The number of amides is 2. The van der Waals surface area contributed by atoms with Crippen molar-refractivity contribution in [2.75, 3.05) is 26.2 Å². The topological polar surface area (TPSA) is 108 Å². The first kappa shape index (κ1) is 21.4. The van der Waals surface area contributed by atoms with Gasteiger partial charge in [-0.2, -0.15) is 0 Å². The fraction of sp³-hybridized carbons (Fsp3) is 0.833. The van der Waals surface area contributed by atoms with Crippen molar-refractivity contribution in [3.05, 3.63) is 0 Å². The van der Waals surface area contributed by atoms with Crippen LogP contribution >= 0.6 is 0 Å². The van der Waals surface area contributed by atoms with Gasteiger partial charge in [0.1, 0.15) is 0 Å². The Labute approximate surface area is 150 Å². The molecule has 2 amide bonds. The van der Waals surface area contributed by atoms with Crippen molar-refractivity contribution in [3.63, 3.8) is 0 Å². The average Bonchev–Trinajstić information content (AvgIpc) is 2.60. The normalized spacial score (nSPS) is 22.2. The van der Waals surface area contributed by atoms with Gasteiger partial charge in [-0.1, -0.05) is 6.92 Å². The molecule has 0 aliphatic carbocycles. The molecule has 25 heavy (non-hydrogen) atoms. The van der Waals surface area contributed by atoms with E-state index < -0.39 is 11.9 Å². The quantitative estimate of drug-likeness (QED) is 0.571. The second-order valence-electron chi connectivity index (χ2n) is 7.08. The first-order valence-corrected chi connectivity index (χ1v) is 9.35. The van der Waals surface area contributed by atoms with Crippen molar-refractivity contribution >= 4 is 17.8 Å². The number of piperidine rings is 2. The molecule has 1 unspecified atom stereocenters. The number of carbonyl (C=O) groups is 3. The molecule has 4 N–H and O–H groups in total. The summed E-state index contributed by atoms with van der Waals surface area (Å²) >= 11 is 0. The van der Waals surface area contributed by atoms with Crippen LogP contribution in [0.3, 0.4) is 0 Å². The molecule has 0 aromatic heterocycles. The van der Waals surface area contributed by atoms with Crippen LogP contribution in [0.2, 0.25) is 0 Å². The van der Waals surface area contributed by atoms with E-state index in [0.29, 0.717) is 11.8 Å². The van der Waals surface area contributed by atoms with Gasteiger partial charge in [-0.3, -0.25) is 14.4 Å². The molecule has 0 saturated carbocycles. The van der Waals surface area contributed by atoms with Crippen molar-refractivity contribution < 1.29 is 19.5 Å². The van der Waals surface area contributed by atoms with E-state index in [0.717, 1.165) is 25.3 Å². The molecule has 2 rings (SSSR count). The lowest BCUT2D eigenvalue weighted by Crippen LogP contribution is -2.37. The van der Waals surface area contributed by atoms with Gasteiger partial charge in [0, 0.05) is 25.9 Å². The first-order chi connectivity index (χ1) is 11.9. The van der Waals surface area contributed by atoms with Crippen LogP contribution in [0.5, 0.6) is 0 Å². The molecule has 0 spiro atoms. The summed E-state index contributed by atoms with van der Waals surface area (Å²) in [6, 6.07) is 0. The molecule has 0 radical (unpaired) electrons. The van der Waals surface area contributed by atoms with E-state index in [1.54, 1.807) is 0 Å². The Morgan fingerprint density at radius 1 is 1.20 bits per heavy atom. The molecule has 2 aliphatic rings. The Kier molecular flexibility index (Phi) is 10.1. The number of hydrogen-bond acceptors (Lipinski definition) is 4. The van der Waals surface area contributed by atoms with Crippen LogP contribution in [0.4, 0.5) is 0 Å². The molecular weight excluding hydrogens is 322 g/mol. The van der Waals surface area contributed by atoms with Crippen LogP contribution in [0.25, 0.3) is 0 Å². The van der Waals surface area contributed by atoms with Gasteiger partial charge < -0.3 is 21.1 Å². The van der Waals surface area contributed by atoms with Crippen molar-refractivity contribution in [2.24, 2.45) is 17.8 Å². The maximum absolute atomic E-state index is 11.5. The second kappa shape index (κ2) is 11.8. The van der Waals surface area contributed by atoms with Crippen molar-refractivity contribution in [1.29, 1.82) is 0 Å². The SMILES string of the molecule is CC(=O)NCC(C)C(=O)O.O=C1NCCC[C@H]1CCC1CCNCC1. The maximum atomic E-state index is 11.5. The summed E-state index contributed by atoms with van der Waals surface area (Å²) in [5.41, 5.74) is 0.